The van der Waals surface area contributed by atoms with Crippen LogP contribution in [0.5, 0.6) is 0 Å². The lowest BCUT2D eigenvalue weighted by Crippen LogP contribution is -2.28. The Hall–Kier alpha value is -1.75. The summed E-state index contributed by atoms with van der Waals surface area (Å²) < 4.78 is 4.47. The van der Waals surface area contributed by atoms with E-state index in [1.807, 2.05) is 0 Å². The topological polar surface area (TPSA) is 67.4 Å². The summed E-state index contributed by atoms with van der Waals surface area (Å²) in [5.41, 5.74) is 1.54. The molecule has 2 N–H and O–H groups in total. The monoisotopic (exact) mass is 270 g/mol. The first-order valence-corrected chi connectivity index (χ1v) is 5.82. The second-order valence-electron chi connectivity index (χ2n) is 3.65. The highest BCUT2D eigenvalue weighted by atomic mass is 35.5. The Morgan fingerprint density at radius 3 is 2.44 bits per heavy atom. The van der Waals surface area contributed by atoms with Crippen LogP contribution < -0.4 is 10.6 Å². The Bertz CT molecular complexity index is 418. The van der Waals surface area contributed by atoms with Gasteiger partial charge in [0.25, 0.3) is 0 Å². The number of anilines is 1. The molecular formula is C12H15ClN2O3. The minimum absolute atomic E-state index is 0.214. The van der Waals surface area contributed by atoms with E-state index in [1.54, 1.807) is 31.2 Å². The number of halogens is 1. The normalized spacial score (nSPS) is 11.5. The van der Waals surface area contributed by atoms with Crippen molar-refractivity contribution in [3.8, 4) is 0 Å². The molecule has 0 aromatic heterocycles. The predicted octanol–water partition coefficient (Wildman–Crippen LogP) is 2.11. The first-order valence-electron chi connectivity index (χ1n) is 5.38. The Balaban J connectivity index is 2.50. The third-order valence-electron chi connectivity index (χ3n) is 2.21. The molecule has 0 aliphatic carbocycles. The highest BCUT2D eigenvalue weighted by Gasteiger charge is 2.07. The van der Waals surface area contributed by atoms with Gasteiger partial charge >= 0.3 is 6.09 Å². The van der Waals surface area contributed by atoms with Crippen LogP contribution in [0, 0.1) is 0 Å². The van der Waals surface area contributed by atoms with Crippen molar-refractivity contribution in [1.82, 2.24) is 5.32 Å². The van der Waals surface area contributed by atoms with Gasteiger partial charge in [0, 0.05) is 12.2 Å². The van der Waals surface area contributed by atoms with Gasteiger partial charge in [-0.1, -0.05) is 12.1 Å². The molecule has 1 rings (SSSR count). The van der Waals surface area contributed by atoms with E-state index in [2.05, 4.69) is 15.4 Å². The summed E-state index contributed by atoms with van der Waals surface area (Å²) in [4.78, 5) is 22.2. The third kappa shape index (κ3) is 4.63. The second kappa shape index (κ2) is 6.86. The van der Waals surface area contributed by atoms with Gasteiger partial charge in [-0.05, 0) is 24.6 Å². The van der Waals surface area contributed by atoms with Crippen molar-refractivity contribution in [3.63, 3.8) is 0 Å². The number of amides is 2. The molecule has 98 valence electrons. The fourth-order valence-corrected chi connectivity index (χ4v) is 1.28. The molecule has 18 heavy (non-hydrogen) atoms. The summed E-state index contributed by atoms with van der Waals surface area (Å²) in [7, 11) is 1.30. The van der Waals surface area contributed by atoms with Gasteiger partial charge in [-0.15, -0.1) is 11.6 Å². The van der Waals surface area contributed by atoms with Gasteiger partial charge in [0.15, 0.2) is 0 Å². The quantitative estimate of drug-likeness (QED) is 0.824. The Morgan fingerprint density at radius 1 is 1.33 bits per heavy atom. The first-order chi connectivity index (χ1) is 8.52. The molecule has 1 aromatic rings. The Labute approximate surface area is 110 Å². The van der Waals surface area contributed by atoms with Crippen molar-refractivity contribution in [2.75, 3.05) is 12.4 Å². The van der Waals surface area contributed by atoms with Crippen molar-refractivity contribution in [2.45, 2.75) is 18.8 Å². The van der Waals surface area contributed by atoms with Crippen LogP contribution in [0.15, 0.2) is 24.3 Å². The predicted molar refractivity (Wildman–Crippen MR) is 69.6 cm³/mol. The molecule has 2 amide bonds. The summed E-state index contributed by atoms with van der Waals surface area (Å²) >= 11 is 5.62. The van der Waals surface area contributed by atoms with E-state index < -0.39 is 11.5 Å². The van der Waals surface area contributed by atoms with E-state index in [0.29, 0.717) is 12.2 Å². The van der Waals surface area contributed by atoms with Gasteiger partial charge in [0.2, 0.25) is 5.91 Å². The lowest BCUT2D eigenvalue weighted by molar-refractivity contribution is -0.120. The van der Waals surface area contributed by atoms with Crippen molar-refractivity contribution < 1.29 is 14.3 Å². The van der Waals surface area contributed by atoms with Gasteiger partial charge in [0.1, 0.15) is 5.38 Å². The minimum atomic E-state index is -0.551. The summed E-state index contributed by atoms with van der Waals surface area (Å²) in [6, 6.07) is 7.04. The molecule has 5 nitrogen and oxygen atoms in total. The minimum Gasteiger partial charge on any atom is -0.453 e. The van der Waals surface area contributed by atoms with E-state index in [4.69, 9.17) is 11.6 Å². The molecule has 0 bridgehead atoms. The number of hydrogen-bond acceptors (Lipinski definition) is 3. The van der Waals surface area contributed by atoms with E-state index in [9.17, 15) is 9.59 Å². The Morgan fingerprint density at radius 2 is 1.94 bits per heavy atom. The van der Waals surface area contributed by atoms with Crippen LogP contribution in [0.4, 0.5) is 10.5 Å². The maximum absolute atomic E-state index is 11.3. The summed E-state index contributed by atoms with van der Waals surface area (Å²) in [5, 5.41) is 4.67. The Kier molecular flexibility index (Phi) is 5.45. The van der Waals surface area contributed by atoms with E-state index in [1.165, 1.54) is 7.11 Å². The third-order valence-corrected chi connectivity index (χ3v) is 2.41. The zero-order chi connectivity index (χ0) is 13.5. The highest BCUT2D eigenvalue weighted by Crippen LogP contribution is 2.09. The number of nitrogens with one attached hydrogen (secondary N) is 2. The van der Waals surface area contributed by atoms with Crippen LogP contribution in [-0.4, -0.2) is 24.5 Å². The number of methoxy groups -OCH3 is 1. The van der Waals surface area contributed by atoms with Gasteiger partial charge in [-0.25, -0.2) is 4.79 Å². The van der Waals surface area contributed by atoms with Crippen LogP contribution in [0.25, 0.3) is 0 Å². The molecule has 0 heterocycles. The summed E-state index contributed by atoms with van der Waals surface area (Å²) in [6.07, 6.45) is -0.521. The number of carbonyl (C=O) groups excluding carboxylic acids is 2. The fraction of sp³-hybridized carbons (Fsp3) is 0.333. The molecule has 1 aromatic carbocycles. The largest absolute Gasteiger partial charge is 0.453 e. The van der Waals surface area contributed by atoms with Gasteiger partial charge < -0.3 is 10.1 Å². The van der Waals surface area contributed by atoms with Crippen LogP contribution in [0.2, 0.25) is 0 Å². The molecule has 0 aliphatic rings. The molecule has 0 fully saturated rings. The standard InChI is InChI=1S/C12H15ClN2O3/c1-8(13)11(16)14-7-9-3-5-10(6-4-9)15-12(17)18-2/h3-6,8H,7H2,1-2H3,(H,14,16)(H,15,17). The maximum atomic E-state index is 11.3. The van der Waals surface area contributed by atoms with Crippen molar-refractivity contribution in [2.24, 2.45) is 0 Å². The van der Waals surface area contributed by atoms with Gasteiger partial charge in [-0.2, -0.15) is 0 Å². The number of carbonyl (C=O) groups is 2. The van der Waals surface area contributed by atoms with Crippen LogP contribution in [0.3, 0.4) is 0 Å². The molecule has 6 heteroatoms. The molecule has 0 spiro atoms. The number of ether oxygens (including phenoxy) is 1. The number of alkyl halides is 1. The summed E-state index contributed by atoms with van der Waals surface area (Å²) in [6.45, 7) is 2.01. The fourth-order valence-electron chi connectivity index (χ4n) is 1.20. The second-order valence-corrected chi connectivity index (χ2v) is 4.30. The number of hydrogen-bond donors (Lipinski definition) is 2. The lowest BCUT2D eigenvalue weighted by atomic mass is 10.2. The molecule has 1 unspecified atom stereocenters. The zero-order valence-electron chi connectivity index (χ0n) is 10.2. The molecule has 1 atom stereocenters. The lowest BCUT2D eigenvalue weighted by Gasteiger charge is -2.08. The van der Waals surface area contributed by atoms with Gasteiger partial charge in [0.05, 0.1) is 7.11 Å². The van der Waals surface area contributed by atoms with Crippen molar-refractivity contribution in [3.05, 3.63) is 29.8 Å². The van der Waals surface area contributed by atoms with Crippen molar-refractivity contribution >= 4 is 29.3 Å². The van der Waals surface area contributed by atoms with E-state index in [-0.39, 0.29) is 5.91 Å². The number of rotatable bonds is 4. The van der Waals surface area contributed by atoms with E-state index >= 15 is 0 Å². The maximum Gasteiger partial charge on any atom is 0.411 e. The smallest absolute Gasteiger partial charge is 0.411 e. The van der Waals surface area contributed by atoms with Crippen LogP contribution in [-0.2, 0) is 16.1 Å². The molecular weight excluding hydrogens is 256 g/mol. The zero-order valence-corrected chi connectivity index (χ0v) is 11.0. The average molecular weight is 271 g/mol. The first kappa shape index (κ1) is 14.3. The SMILES string of the molecule is COC(=O)Nc1ccc(CNC(=O)C(C)Cl)cc1. The van der Waals surface area contributed by atoms with Crippen molar-refractivity contribution in [1.29, 1.82) is 0 Å². The highest BCUT2D eigenvalue weighted by molar-refractivity contribution is 6.30. The van der Waals surface area contributed by atoms with E-state index in [0.717, 1.165) is 5.56 Å². The molecule has 0 radical (unpaired) electrons. The average Bonchev–Trinajstić information content (AvgIpc) is 2.37. The molecule has 0 saturated heterocycles. The van der Waals surface area contributed by atoms with Crippen LogP contribution in [0.1, 0.15) is 12.5 Å². The summed E-state index contributed by atoms with van der Waals surface area (Å²) in [5.74, 6) is -0.214. The van der Waals surface area contributed by atoms with Crippen LogP contribution >= 0.6 is 11.6 Å². The molecule has 0 aliphatic heterocycles. The van der Waals surface area contributed by atoms with Gasteiger partial charge in [-0.3, -0.25) is 10.1 Å². The number of benzene rings is 1. The molecule has 0 saturated carbocycles.